The number of rotatable bonds is 8. The van der Waals surface area contributed by atoms with Gasteiger partial charge in [-0.15, -0.1) is 5.10 Å². The van der Waals surface area contributed by atoms with Gasteiger partial charge in [-0.2, -0.15) is 9.50 Å². The standard InChI is InChI=1S/C24H26N4O4S/c1-6-27(7-2)17-10-8-15(9-11-17)12-20-23(29)28-24(33-20)25-22(26-28)16-13-18(30-3)21(32-5)19(14-16)31-4/h8-14H,6-7H2,1-5H3. The second-order valence-corrected chi connectivity index (χ2v) is 8.23. The second kappa shape index (κ2) is 9.50. The van der Waals surface area contributed by atoms with Crippen molar-refractivity contribution in [1.82, 2.24) is 14.6 Å². The SMILES string of the molecule is CCN(CC)c1ccc(C=c2sc3nc(-c4cc(OC)c(OC)c(OC)c4)nn3c2=O)cc1. The fourth-order valence-electron chi connectivity index (χ4n) is 3.69. The third kappa shape index (κ3) is 4.23. The highest BCUT2D eigenvalue weighted by Gasteiger charge is 2.18. The quantitative estimate of drug-likeness (QED) is 0.394. The molecule has 0 bridgehead atoms. The Balaban J connectivity index is 1.71. The summed E-state index contributed by atoms with van der Waals surface area (Å²) < 4.78 is 18.1. The van der Waals surface area contributed by atoms with Crippen molar-refractivity contribution in [3.05, 3.63) is 56.8 Å². The van der Waals surface area contributed by atoms with Gasteiger partial charge in [-0.3, -0.25) is 4.79 Å². The molecule has 0 spiro atoms. The molecule has 0 saturated heterocycles. The van der Waals surface area contributed by atoms with Crippen molar-refractivity contribution < 1.29 is 14.2 Å². The second-order valence-electron chi connectivity index (χ2n) is 7.22. The minimum Gasteiger partial charge on any atom is -0.493 e. The zero-order chi connectivity index (χ0) is 23.5. The molecule has 0 radical (unpaired) electrons. The van der Waals surface area contributed by atoms with Crippen molar-refractivity contribution in [2.45, 2.75) is 13.8 Å². The van der Waals surface area contributed by atoms with Crippen LogP contribution in [0.3, 0.4) is 0 Å². The zero-order valence-electron chi connectivity index (χ0n) is 19.3. The van der Waals surface area contributed by atoms with Crippen molar-refractivity contribution in [3.63, 3.8) is 0 Å². The summed E-state index contributed by atoms with van der Waals surface area (Å²) in [5.41, 5.74) is 2.58. The molecule has 2 aromatic heterocycles. The van der Waals surface area contributed by atoms with Crippen LogP contribution in [-0.4, -0.2) is 49.0 Å². The van der Waals surface area contributed by atoms with Gasteiger partial charge in [-0.05, 0) is 49.8 Å². The van der Waals surface area contributed by atoms with Crippen molar-refractivity contribution >= 4 is 28.1 Å². The molecular formula is C24H26N4O4S. The number of hydrogen-bond acceptors (Lipinski definition) is 8. The molecule has 2 aromatic carbocycles. The predicted molar refractivity (Wildman–Crippen MR) is 131 cm³/mol. The van der Waals surface area contributed by atoms with E-state index >= 15 is 0 Å². The minimum atomic E-state index is -0.200. The lowest BCUT2D eigenvalue weighted by molar-refractivity contribution is 0.324. The van der Waals surface area contributed by atoms with Gasteiger partial charge in [-0.1, -0.05) is 23.5 Å². The van der Waals surface area contributed by atoms with Crippen molar-refractivity contribution in [2.24, 2.45) is 0 Å². The van der Waals surface area contributed by atoms with Gasteiger partial charge in [0.2, 0.25) is 10.7 Å². The Morgan fingerprint density at radius 2 is 1.64 bits per heavy atom. The molecular weight excluding hydrogens is 440 g/mol. The maximum absolute atomic E-state index is 13.0. The van der Waals surface area contributed by atoms with Gasteiger partial charge in [0.1, 0.15) is 0 Å². The van der Waals surface area contributed by atoms with Crippen LogP contribution < -0.4 is 29.2 Å². The molecule has 0 atom stereocenters. The molecule has 0 amide bonds. The molecule has 0 fully saturated rings. The third-order valence-electron chi connectivity index (χ3n) is 5.42. The van der Waals surface area contributed by atoms with E-state index in [0.29, 0.717) is 38.1 Å². The highest BCUT2D eigenvalue weighted by molar-refractivity contribution is 7.15. The smallest absolute Gasteiger partial charge is 0.291 e. The molecule has 0 N–H and O–H groups in total. The van der Waals surface area contributed by atoms with Crippen LogP contribution in [-0.2, 0) is 0 Å². The third-order valence-corrected chi connectivity index (χ3v) is 6.38. The number of aromatic nitrogens is 3. The Hall–Kier alpha value is -3.59. The monoisotopic (exact) mass is 466 g/mol. The van der Waals surface area contributed by atoms with E-state index < -0.39 is 0 Å². The molecule has 2 heterocycles. The normalized spacial score (nSPS) is 11.7. The van der Waals surface area contributed by atoms with Gasteiger partial charge < -0.3 is 19.1 Å². The average molecular weight is 467 g/mol. The number of methoxy groups -OCH3 is 3. The van der Waals surface area contributed by atoms with E-state index in [9.17, 15) is 4.79 Å². The molecule has 0 aliphatic rings. The number of anilines is 1. The van der Waals surface area contributed by atoms with Crippen LogP contribution >= 0.6 is 11.3 Å². The molecule has 4 aromatic rings. The number of benzene rings is 2. The molecule has 0 aliphatic carbocycles. The molecule has 0 unspecified atom stereocenters. The van der Waals surface area contributed by atoms with Crippen molar-refractivity contribution in [3.8, 4) is 28.6 Å². The largest absolute Gasteiger partial charge is 0.493 e. The van der Waals surface area contributed by atoms with Crippen LogP contribution in [0.1, 0.15) is 19.4 Å². The van der Waals surface area contributed by atoms with Gasteiger partial charge in [0.05, 0.1) is 25.9 Å². The predicted octanol–water partition coefficient (Wildman–Crippen LogP) is 3.24. The lowest BCUT2D eigenvalue weighted by Crippen LogP contribution is -2.23. The Morgan fingerprint density at radius 1 is 1.00 bits per heavy atom. The first-order valence-corrected chi connectivity index (χ1v) is 11.4. The van der Waals surface area contributed by atoms with Crippen LogP contribution in [0.25, 0.3) is 22.4 Å². The lowest BCUT2D eigenvalue weighted by Gasteiger charge is -2.20. The van der Waals surface area contributed by atoms with E-state index in [2.05, 4.69) is 41.0 Å². The van der Waals surface area contributed by atoms with Crippen LogP contribution in [0.4, 0.5) is 5.69 Å². The number of nitrogens with zero attached hydrogens (tertiary/aromatic N) is 4. The number of thiazole rings is 1. The number of hydrogen-bond donors (Lipinski definition) is 0. The number of ether oxygens (including phenoxy) is 3. The van der Waals surface area contributed by atoms with E-state index in [1.165, 1.54) is 15.9 Å². The van der Waals surface area contributed by atoms with E-state index in [-0.39, 0.29) is 5.56 Å². The summed E-state index contributed by atoms with van der Waals surface area (Å²) >= 11 is 1.30. The fraction of sp³-hybridized carbons (Fsp3) is 0.292. The average Bonchev–Trinajstić information content (AvgIpc) is 3.39. The van der Waals surface area contributed by atoms with E-state index in [0.717, 1.165) is 24.3 Å². The molecule has 8 nitrogen and oxygen atoms in total. The Kier molecular flexibility index (Phi) is 6.50. The Labute approximate surface area is 195 Å². The van der Waals surface area contributed by atoms with Gasteiger partial charge in [0.25, 0.3) is 5.56 Å². The summed E-state index contributed by atoms with van der Waals surface area (Å²) in [4.78, 5) is 20.3. The minimum absolute atomic E-state index is 0.200. The fourth-order valence-corrected chi connectivity index (χ4v) is 4.60. The van der Waals surface area contributed by atoms with Gasteiger partial charge >= 0.3 is 0 Å². The highest BCUT2D eigenvalue weighted by Crippen LogP contribution is 2.40. The molecule has 172 valence electrons. The molecule has 4 rings (SSSR count). The maximum Gasteiger partial charge on any atom is 0.291 e. The summed E-state index contributed by atoms with van der Waals surface area (Å²) in [7, 11) is 4.64. The van der Waals surface area contributed by atoms with Gasteiger partial charge in [-0.25, -0.2) is 0 Å². The summed E-state index contributed by atoms with van der Waals surface area (Å²) in [6.07, 6.45) is 1.87. The van der Waals surface area contributed by atoms with Crippen LogP contribution in [0.5, 0.6) is 17.2 Å². The van der Waals surface area contributed by atoms with E-state index in [1.54, 1.807) is 33.5 Å². The molecule has 9 heteroatoms. The first kappa shape index (κ1) is 22.6. The first-order chi connectivity index (χ1) is 16.0. The molecule has 0 aliphatic heterocycles. The first-order valence-electron chi connectivity index (χ1n) is 10.6. The van der Waals surface area contributed by atoms with Crippen LogP contribution in [0.2, 0.25) is 0 Å². The Morgan fingerprint density at radius 3 is 2.15 bits per heavy atom. The molecule has 33 heavy (non-hydrogen) atoms. The van der Waals surface area contributed by atoms with Crippen LogP contribution in [0.15, 0.2) is 41.2 Å². The lowest BCUT2D eigenvalue weighted by atomic mass is 10.1. The number of fused-ring (bicyclic) bond motifs is 1. The van der Waals surface area contributed by atoms with Gasteiger partial charge in [0.15, 0.2) is 17.3 Å². The maximum atomic E-state index is 13.0. The Bertz CT molecular complexity index is 1350. The highest BCUT2D eigenvalue weighted by atomic mass is 32.1. The summed E-state index contributed by atoms with van der Waals surface area (Å²) in [5.74, 6) is 1.88. The van der Waals surface area contributed by atoms with E-state index in [4.69, 9.17) is 14.2 Å². The zero-order valence-corrected chi connectivity index (χ0v) is 20.1. The topological polar surface area (TPSA) is 78.2 Å². The van der Waals surface area contributed by atoms with E-state index in [1.807, 2.05) is 18.2 Å². The summed E-state index contributed by atoms with van der Waals surface area (Å²) in [5, 5.41) is 4.44. The van der Waals surface area contributed by atoms with Crippen molar-refractivity contribution in [1.29, 1.82) is 0 Å². The van der Waals surface area contributed by atoms with Gasteiger partial charge in [0, 0.05) is 24.3 Å². The van der Waals surface area contributed by atoms with Crippen LogP contribution in [0, 0.1) is 0 Å². The van der Waals surface area contributed by atoms with Crippen molar-refractivity contribution in [2.75, 3.05) is 39.3 Å². The summed E-state index contributed by atoms with van der Waals surface area (Å²) in [6.45, 7) is 6.17. The summed E-state index contributed by atoms with van der Waals surface area (Å²) in [6, 6.07) is 11.7. The molecule has 0 saturated carbocycles.